The minimum Gasteiger partial charge on any atom is -0.393 e. The van der Waals surface area contributed by atoms with E-state index in [9.17, 15) is 51.1 Å². The van der Waals surface area contributed by atoms with Crippen LogP contribution in [0.2, 0.25) is 0 Å². The molecule has 0 radical (unpaired) electrons. The standard InChI is InChI=1S/C38H72O15.CH4/c1-24(2)32(10,42)33(11,43)25(3,27(5,17-39)51-24)20-49-22-30(8)36(14,46)34(12,44)26(4,28(6,18-40)52-30)21-50-23-31(9)37(15,47)38(16,48)35(13,45)29(7,19-41)53-31;/h39-48H,17-23H2,1-16H3;1H4/t25-,26-,27?,28?,29?,30-,31-,32?,33-,34-,35-,36?,37?,38-;/m1./s1. The van der Waals surface area contributed by atoms with Crippen molar-refractivity contribution in [2.45, 2.75) is 191 Å². The Morgan fingerprint density at radius 3 is 0.963 bits per heavy atom. The van der Waals surface area contributed by atoms with Crippen molar-refractivity contribution >= 4 is 0 Å². The number of ether oxygens (including phenoxy) is 5. The summed E-state index contributed by atoms with van der Waals surface area (Å²) in [6.45, 7) is 19.9. The summed E-state index contributed by atoms with van der Waals surface area (Å²) in [5, 5.41) is 115. The van der Waals surface area contributed by atoms with Crippen LogP contribution in [0.3, 0.4) is 0 Å². The average molecular weight is 785 g/mol. The monoisotopic (exact) mass is 785 g/mol. The second-order valence-corrected chi connectivity index (χ2v) is 19.6. The zero-order chi connectivity index (χ0) is 42.0. The van der Waals surface area contributed by atoms with E-state index in [1.54, 1.807) is 41.5 Å². The van der Waals surface area contributed by atoms with Crippen LogP contribution < -0.4 is 0 Å². The summed E-state index contributed by atoms with van der Waals surface area (Å²) in [7, 11) is 0. The van der Waals surface area contributed by atoms with Crippen molar-refractivity contribution in [2.75, 3.05) is 46.2 Å². The van der Waals surface area contributed by atoms with E-state index in [4.69, 9.17) is 23.7 Å². The molecule has 15 heteroatoms. The van der Waals surface area contributed by atoms with Gasteiger partial charge in [-0.05, 0) is 96.9 Å². The van der Waals surface area contributed by atoms with Crippen LogP contribution in [0, 0.1) is 10.8 Å². The molecular weight excluding hydrogens is 708 g/mol. The van der Waals surface area contributed by atoms with Crippen LogP contribution >= 0.6 is 0 Å². The third kappa shape index (κ3) is 5.77. The predicted octanol–water partition coefficient (Wildman–Crippen LogP) is 0.565. The SMILES string of the molecule is C.CC1(C)OC(C)(CO)[C@@](C)(COC[C@@]2(C)OC(C)(CO)[C@@](C)(COC[C@@]3(C)OC(C)(CO)[C@@](C)(O)[C@@](C)(O)C3(C)O)[C@@](C)(O)C2(C)O)[C@@](C)(O)C1(C)O. The van der Waals surface area contributed by atoms with E-state index in [0.29, 0.717) is 0 Å². The third-order valence-electron chi connectivity index (χ3n) is 16.4. The van der Waals surface area contributed by atoms with E-state index < -0.39 is 123 Å². The van der Waals surface area contributed by atoms with Gasteiger partial charge in [0.05, 0.1) is 73.9 Å². The van der Waals surface area contributed by atoms with Gasteiger partial charge >= 0.3 is 0 Å². The van der Waals surface area contributed by atoms with Gasteiger partial charge in [0, 0.05) is 0 Å². The molecule has 3 saturated heterocycles. The van der Waals surface area contributed by atoms with Crippen LogP contribution in [0.15, 0.2) is 0 Å². The maximum Gasteiger partial charge on any atom is 0.124 e. The van der Waals surface area contributed by atoms with Crippen molar-refractivity contribution in [3.05, 3.63) is 0 Å². The Morgan fingerprint density at radius 2 is 0.611 bits per heavy atom. The van der Waals surface area contributed by atoms with E-state index >= 15 is 0 Å². The maximum absolute atomic E-state index is 12.4. The van der Waals surface area contributed by atoms with E-state index in [2.05, 4.69) is 0 Å². The number of hydrogen-bond donors (Lipinski definition) is 10. The van der Waals surface area contributed by atoms with Gasteiger partial charge in [0.1, 0.15) is 56.0 Å². The molecule has 0 aromatic carbocycles. The molecule has 15 nitrogen and oxygen atoms in total. The van der Waals surface area contributed by atoms with Gasteiger partial charge in [-0.1, -0.05) is 21.3 Å². The lowest BCUT2D eigenvalue weighted by molar-refractivity contribution is -0.417. The van der Waals surface area contributed by atoms with E-state index in [-0.39, 0.29) is 14.0 Å². The van der Waals surface area contributed by atoms with Gasteiger partial charge in [-0.15, -0.1) is 0 Å². The number of hydrogen-bond acceptors (Lipinski definition) is 15. The zero-order valence-corrected chi connectivity index (χ0v) is 35.0. The molecule has 0 aromatic heterocycles. The van der Waals surface area contributed by atoms with Gasteiger partial charge in [0.2, 0.25) is 0 Å². The highest BCUT2D eigenvalue weighted by atomic mass is 16.6. The van der Waals surface area contributed by atoms with Crippen molar-refractivity contribution < 1.29 is 74.7 Å². The summed E-state index contributed by atoms with van der Waals surface area (Å²) in [6, 6.07) is 0. The fourth-order valence-corrected chi connectivity index (χ4v) is 9.32. The quantitative estimate of drug-likeness (QED) is 0.138. The molecule has 6 unspecified atom stereocenters. The van der Waals surface area contributed by atoms with Crippen molar-refractivity contribution in [1.29, 1.82) is 0 Å². The lowest BCUT2D eigenvalue weighted by Crippen LogP contribution is -2.85. The smallest absolute Gasteiger partial charge is 0.124 e. The minimum atomic E-state index is -2.23. The van der Waals surface area contributed by atoms with Crippen LogP contribution in [0.25, 0.3) is 0 Å². The summed E-state index contributed by atoms with van der Waals surface area (Å²) in [4.78, 5) is 0. The van der Waals surface area contributed by atoms with E-state index in [1.165, 1.54) is 69.2 Å². The maximum atomic E-state index is 12.4. The Morgan fingerprint density at radius 1 is 0.333 bits per heavy atom. The molecule has 0 saturated carbocycles. The zero-order valence-electron chi connectivity index (χ0n) is 35.0. The molecule has 3 aliphatic rings. The molecule has 322 valence electrons. The van der Waals surface area contributed by atoms with Crippen LogP contribution in [-0.4, -0.2) is 170 Å². The van der Waals surface area contributed by atoms with Gasteiger partial charge in [0.25, 0.3) is 0 Å². The van der Waals surface area contributed by atoms with Gasteiger partial charge < -0.3 is 74.7 Å². The highest BCUT2D eigenvalue weighted by Gasteiger charge is 2.77. The molecule has 10 N–H and O–H groups in total. The molecule has 3 rings (SSSR count). The van der Waals surface area contributed by atoms with Gasteiger partial charge in [-0.25, -0.2) is 0 Å². The Labute approximate surface area is 322 Å². The predicted molar refractivity (Wildman–Crippen MR) is 200 cm³/mol. The van der Waals surface area contributed by atoms with Gasteiger partial charge in [-0.2, -0.15) is 0 Å². The Balaban J connectivity index is 0.0000101. The highest BCUT2D eigenvalue weighted by Crippen LogP contribution is 2.61. The van der Waals surface area contributed by atoms with Crippen LogP contribution in [-0.2, 0) is 23.7 Å². The molecule has 14 atom stereocenters. The normalized spacial score (nSPS) is 56.3. The summed E-state index contributed by atoms with van der Waals surface area (Å²) in [5.41, 5.74) is -27.1. The first-order chi connectivity index (χ1) is 23.2. The largest absolute Gasteiger partial charge is 0.393 e. The van der Waals surface area contributed by atoms with E-state index in [0.717, 1.165) is 0 Å². The first-order valence-electron chi connectivity index (χ1n) is 18.4. The molecular formula is C39H76O15. The molecule has 0 amide bonds. The van der Waals surface area contributed by atoms with E-state index in [1.807, 2.05) is 0 Å². The summed E-state index contributed by atoms with van der Waals surface area (Å²) < 4.78 is 31.4. The second-order valence-electron chi connectivity index (χ2n) is 19.6. The summed E-state index contributed by atoms with van der Waals surface area (Å²) in [5.74, 6) is 0. The molecule has 0 spiro atoms. The molecule has 3 heterocycles. The number of aliphatic hydroxyl groups is 10. The van der Waals surface area contributed by atoms with Gasteiger partial charge in [-0.3, -0.25) is 0 Å². The molecule has 3 fully saturated rings. The Kier molecular flexibility index (Phi) is 12.4. The molecule has 0 aliphatic carbocycles. The lowest BCUT2D eigenvalue weighted by Gasteiger charge is -2.68. The first kappa shape index (κ1) is 49.5. The van der Waals surface area contributed by atoms with Crippen LogP contribution in [0.1, 0.15) is 118 Å². The fraction of sp³-hybridized carbons (Fsp3) is 1.00. The molecule has 0 aromatic rings. The Hall–Kier alpha value is -0.600. The van der Waals surface area contributed by atoms with Gasteiger partial charge in [0.15, 0.2) is 0 Å². The fourth-order valence-electron chi connectivity index (χ4n) is 9.32. The topological polar surface area (TPSA) is 248 Å². The van der Waals surface area contributed by atoms with Crippen molar-refractivity contribution in [2.24, 2.45) is 10.8 Å². The lowest BCUT2D eigenvalue weighted by atomic mass is 9.52. The first-order valence-corrected chi connectivity index (χ1v) is 18.4. The molecule has 54 heavy (non-hydrogen) atoms. The van der Waals surface area contributed by atoms with Crippen molar-refractivity contribution in [3.63, 3.8) is 0 Å². The average Bonchev–Trinajstić information content (AvgIpc) is 3.01. The minimum absolute atomic E-state index is 0. The van der Waals surface area contributed by atoms with Crippen LogP contribution in [0.5, 0.6) is 0 Å². The summed E-state index contributed by atoms with van der Waals surface area (Å²) in [6.07, 6.45) is 0. The molecule has 3 aliphatic heterocycles. The van der Waals surface area contributed by atoms with Crippen LogP contribution in [0.4, 0.5) is 0 Å². The number of aliphatic hydroxyl groups excluding tert-OH is 3. The number of rotatable bonds is 11. The molecule has 0 bridgehead atoms. The van der Waals surface area contributed by atoms with Crippen molar-refractivity contribution in [1.82, 2.24) is 0 Å². The Bertz CT molecular complexity index is 1380. The van der Waals surface area contributed by atoms with Crippen molar-refractivity contribution in [3.8, 4) is 0 Å². The second kappa shape index (κ2) is 13.5. The highest BCUT2D eigenvalue weighted by molar-refractivity contribution is 5.26. The third-order valence-corrected chi connectivity index (χ3v) is 16.4. The summed E-state index contributed by atoms with van der Waals surface area (Å²) >= 11 is 0.